The molecule has 0 saturated carbocycles. The molecule has 1 unspecified atom stereocenters. The molecular formula is C13H16ClIN4. The maximum Gasteiger partial charge on any atom is 0.0596 e. The van der Waals surface area contributed by atoms with E-state index in [0.29, 0.717) is 0 Å². The molecule has 2 rings (SSSR count). The molecule has 0 aliphatic rings. The van der Waals surface area contributed by atoms with Crippen molar-refractivity contribution in [3.05, 3.63) is 49.8 Å². The summed E-state index contributed by atoms with van der Waals surface area (Å²) in [5.41, 5.74) is 6.12. The lowest BCUT2D eigenvalue weighted by atomic mass is 10.0. The Morgan fingerprint density at radius 1 is 1.47 bits per heavy atom. The number of halogens is 2. The van der Waals surface area contributed by atoms with Crippen molar-refractivity contribution in [1.29, 1.82) is 0 Å². The lowest BCUT2D eigenvalue weighted by Crippen LogP contribution is -2.30. The van der Waals surface area contributed by atoms with Gasteiger partial charge in [-0.15, -0.1) is 0 Å². The largest absolute Gasteiger partial charge is 0.272 e. The molecule has 0 saturated heterocycles. The van der Waals surface area contributed by atoms with Crippen LogP contribution < -0.4 is 11.3 Å². The van der Waals surface area contributed by atoms with Crippen molar-refractivity contribution in [3.8, 4) is 0 Å². The van der Waals surface area contributed by atoms with Crippen LogP contribution in [0.15, 0.2) is 24.3 Å². The fourth-order valence-electron chi connectivity index (χ4n) is 2.10. The van der Waals surface area contributed by atoms with Crippen LogP contribution in [0.5, 0.6) is 0 Å². The number of hydrogen-bond acceptors (Lipinski definition) is 3. The summed E-state index contributed by atoms with van der Waals surface area (Å²) in [7, 11) is 1.94. The van der Waals surface area contributed by atoms with Crippen molar-refractivity contribution in [2.75, 3.05) is 0 Å². The Bertz CT molecular complexity index is 582. The van der Waals surface area contributed by atoms with Crippen LogP contribution in [0.25, 0.3) is 0 Å². The number of benzene rings is 1. The van der Waals surface area contributed by atoms with Gasteiger partial charge in [0, 0.05) is 27.8 Å². The second-order valence-electron chi connectivity index (χ2n) is 4.49. The Morgan fingerprint density at radius 3 is 2.79 bits per heavy atom. The number of hydrazine groups is 1. The van der Waals surface area contributed by atoms with Gasteiger partial charge in [-0.05, 0) is 59.3 Å². The number of hydrogen-bond donors (Lipinski definition) is 2. The van der Waals surface area contributed by atoms with Crippen LogP contribution in [0.1, 0.15) is 23.0 Å². The van der Waals surface area contributed by atoms with Crippen molar-refractivity contribution < 1.29 is 0 Å². The summed E-state index contributed by atoms with van der Waals surface area (Å²) < 4.78 is 3.03. The lowest BCUT2D eigenvalue weighted by Gasteiger charge is -2.18. The maximum absolute atomic E-state index is 6.07. The first-order valence-corrected chi connectivity index (χ1v) is 7.37. The third kappa shape index (κ3) is 3.47. The van der Waals surface area contributed by atoms with E-state index in [1.165, 1.54) is 0 Å². The van der Waals surface area contributed by atoms with Crippen molar-refractivity contribution in [3.63, 3.8) is 0 Å². The highest BCUT2D eigenvalue weighted by Crippen LogP contribution is 2.26. The smallest absolute Gasteiger partial charge is 0.0596 e. The molecule has 3 N–H and O–H groups in total. The van der Waals surface area contributed by atoms with E-state index in [9.17, 15) is 0 Å². The van der Waals surface area contributed by atoms with Gasteiger partial charge in [0.1, 0.15) is 0 Å². The molecular weight excluding hydrogens is 375 g/mol. The third-order valence-electron chi connectivity index (χ3n) is 3.05. The molecule has 1 aromatic carbocycles. The zero-order valence-electron chi connectivity index (χ0n) is 10.8. The molecule has 0 amide bonds. The summed E-state index contributed by atoms with van der Waals surface area (Å²) in [4.78, 5) is 0. The standard InChI is InChI=1S/C13H16ClIN4/c1-8-5-10(19(2)18-8)7-13(17-16)11-6-9(14)3-4-12(11)15/h3-6,13,17H,7,16H2,1-2H3. The number of nitrogens with zero attached hydrogens (tertiary/aromatic N) is 2. The van der Waals surface area contributed by atoms with Gasteiger partial charge in [-0.25, -0.2) is 0 Å². The van der Waals surface area contributed by atoms with E-state index in [4.69, 9.17) is 17.4 Å². The van der Waals surface area contributed by atoms with Gasteiger partial charge in [-0.2, -0.15) is 5.10 Å². The molecule has 4 nitrogen and oxygen atoms in total. The Morgan fingerprint density at radius 2 is 2.21 bits per heavy atom. The van der Waals surface area contributed by atoms with Crippen LogP contribution in [-0.2, 0) is 13.5 Å². The first-order valence-electron chi connectivity index (χ1n) is 5.92. The summed E-state index contributed by atoms with van der Waals surface area (Å²) in [5.74, 6) is 5.70. The minimum atomic E-state index is 0.0143. The first-order chi connectivity index (χ1) is 9.01. The Kier molecular flexibility index (Phi) is 4.83. The molecule has 0 aliphatic carbocycles. The van der Waals surface area contributed by atoms with Gasteiger partial charge in [0.25, 0.3) is 0 Å². The van der Waals surface area contributed by atoms with Crippen LogP contribution in [0, 0.1) is 10.5 Å². The molecule has 1 aromatic heterocycles. The van der Waals surface area contributed by atoms with Crippen molar-refractivity contribution in [2.45, 2.75) is 19.4 Å². The molecule has 1 atom stereocenters. The Hall–Kier alpha value is -0.630. The van der Waals surface area contributed by atoms with Crippen molar-refractivity contribution in [1.82, 2.24) is 15.2 Å². The number of aromatic nitrogens is 2. The monoisotopic (exact) mass is 390 g/mol. The van der Waals surface area contributed by atoms with Gasteiger partial charge >= 0.3 is 0 Å². The summed E-state index contributed by atoms with van der Waals surface area (Å²) in [6.07, 6.45) is 0.768. The summed E-state index contributed by atoms with van der Waals surface area (Å²) in [6.45, 7) is 1.98. The normalized spacial score (nSPS) is 12.7. The highest BCUT2D eigenvalue weighted by molar-refractivity contribution is 14.1. The van der Waals surface area contributed by atoms with E-state index in [1.807, 2.05) is 36.9 Å². The van der Waals surface area contributed by atoms with Crippen molar-refractivity contribution in [2.24, 2.45) is 12.9 Å². The average Bonchev–Trinajstić information content (AvgIpc) is 2.68. The second kappa shape index (κ2) is 6.21. The molecule has 0 spiro atoms. The SMILES string of the molecule is Cc1cc(CC(NN)c2cc(Cl)ccc2I)n(C)n1. The van der Waals surface area contributed by atoms with E-state index in [1.54, 1.807) is 0 Å². The average molecular weight is 391 g/mol. The van der Waals surface area contributed by atoms with Crippen LogP contribution in [0.2, 0.25) is 5.02 Å². The summed E-state index contributed by atoms with van der Waals surface area (Å²) >= 11 is 8.36. The minimum absolute atomic E-state index is 0.0143. The van der Waals surface area contributed by atoms with Crippen LogP contribution in [-0.4, -0.2) is 9.78 Å². The number of rotatable bonds is 4. The van der Waals surface area contributed by atoms with Gasteiger partial charge in [0.2, 0.25) is 0 Å². The van der Waals surface area contributed by atoms with Gasteiger partial charge in [0.05, 0.1) is 11.7 Å². The van der Waals surface area contributed by atoms with Crippen LogP contribution in [0.4, 0.5) is 0 Å². The number of nitrogens with two attached hydrogens (primary N) is 1. The zero-order valence-corrected chi connectivity index (χ0v) is 13.7. The van der Waals surface area contributed by atoms with Crippen LogP contribution in [0.3, 0.4) is 0 Å². The molecule has 0 bridgehead atoms. The third-order valence-corrected chi connectivity index (χ3v) is 4.26. The molecule has 2 aromatic rings. The van der Waals surface area contributed by atoms with Gasteiger partial charge in [0.15, 0.2) is 0 Å². The van der Waals surface area contributed by atoms with E-state index in [2.05, 4.69) is 39.2 Å². The summed E-state index contributed by atoms with van der Waals surface area (Å²) in [6, 6.07) is 7.92. The van der Waals surface area contributed by atoms with E-state index in [0.717, 1.165) is 32.0 Å². The predicted octanol–water partition coefficient (Wildman–Crippen LogP) is 2.73. The molecule has 0 radical (unpaired) electrons. The van der Waals surface area contributed by atoms with Crippen LogP contribution >= 0.6 is 34.2 Å². The Labute approximate surface area is 131 Å². The molecule has 0 fully saturated rings. The highest BCUT2D eigenvalue weighted by atomic mass is 127. The number of nitrogens with one attached hydrogen (secondary N) is 1. The number of aryl methyl sites for hydroxylation is 2. The lowest BCUT2D eigenvalue weighted by molar-refractivity contribution is 0.528. The molecule has 19 heavy (non-hydrogen) atoms. The molecule has 0 aliphatic heterocycles. The molecule has 1 heterocycles. The Balaban J connectivity index is 2.30. The van der Waals surface area contributed by atoms with E-state index < -0.39 is 0 Å². The molecule has 6 heteroatoms. The fourth-order valence-corrected chi connectivity index (χ4v) is 3.00. The highest BCUT2D eigenvalue weighted by Gasteiger charge is 2.16. The quantitative estimate of drug-likeness (QED) is 0.479. The first kappa shape index (κ1) is 14.8. The fraction of sp³-hybridized carbons (Fsp3) is 0.308. The van der Waals surface area contributed by atoms with Gasteiger partial charge in [-0.3, -0.25) is 16.0 Å². The predicted molar refractivity (Wildman–Crippen MR) is 85.9 cm³/mol. The van der Waals surface area contributed by atoms with Gasteiger partial charge in [-0.1, -0.05) is 11.6 Å². The topological polar surface area (TPSA) is 55.9 Å². The maximum atomic E-state index is 6.07. The van der Waals surface area contributed by atoms with Gasteiger partial charge < -0.3 is 0 Å². The van der Waals surface area contributed by atoms with Crippen molar-refractivity contribution >= 4 is 34.2 Å². The minimum Gasteiger partial charge on any atom is -0.272 e. The second-order valence-corrected chi connectivity index (χ2v) is 6.09. The summed E-state index contributed by atoms with van der Waals surface area (Å²) in [5, 5.41) is 5.07. The zero-order chi connectivity index (χ0) is 14.0. The van der Waals surface area contributed by atoms with E-state index in [-0.39, 0.29) is 6.04 Å². The molecule has 102 valence electrons. The van der Waals surface area contributed by atoms with E-state index >= 15 is 0 Å².